The van der Waals surface area contributed by atoms with Gasteiger partial charge >= 0.3 is 0 Å². The molecule has 0 saturated carbocycles. The van der Waals surface area contributed by atoms with E-state index in [-0.39, 0.29) is 27.9 Å². The highest BCUT2D eigenvalue weighted by molar-refractivity contribution is 7.92. The summed E-state index contributed by atoms with van der Waals surface area (Å²) < 4.78 is 37.5. The van der Waals surface area contributed by atoms with Crippen LogP contribution in [0.5, 0.6) is 11.6 Å². The van der Waals surface area contributed by atoms with E-state index in [0.29, 0.717) is 5.69 Å². The standard InChI is InChI=1S/C16H14N6O4S/c1-25-14-15(20-10-21-16(14)26-2)22-27(23,24)13-5-3-12(4-6-13)19-9-11(7-17)8-18/h3-6,9-10,19H,1-2H3,(H,20,21,22). The lowest BCUT2D eigenvalue weighted by Crippen LogP contribution is -2.15. The van der Waals surface area contributed by atoms with Crippen LogP contribution in [0.15, 0.2) is 47.3 Å². The van der Waals surface area contributed by atoms with Crippen molar-refractivity contribution in [1.29, 1.82) is 10.5 Å². The summed E-state index contributed by atoms with van der Waals surface area (Å²) in [4.78, 5) is 7.68. The van der Waals surface area contributed by atoms with Crippen LogP contribution in [0.25, 0.3) is 0 Å². The van der Waals surface area contributed by atoms with E-state index in [2.05, 4.69) is 20.0 Å². The molecule has 0 saturated heterocycles. The number of methoxy groups -OCH3 is 2. The first-order chi connectivity index (χ1) is 12.9. The van der Waals surface area contributed by atoms with E-state index in [9.17, 15) is 8.42 Å². The summed E-state index contributed by atoms with van der Waals surface area (Å²) in [5.41, 5.74) is 0.386. The number of nitrogens with zero attached hydrogens (tertiary/aromatic N) is 4. The SMILES string of the molecule is COc1ncnc(NS(=O)(=O)c2ccc(NC=C(C#N)C#N)cc2)c1OC. The summed E-state index contributed by atoms with van der Waals surface area (Å²) in [7, 11) is -1.25. The minimum atomic E-state index is -3.95. The van der Waals surface area contributed by atoms with Gasteiger partial charge in [0, 0.05) is 11.9 Å². The van der Waals surface area contributed by atoms with Crippen LogP contribution in [0.4, 0.5) is 11.5 Å². The molecule has 2 aromatic rings. The van der Waals surface area contributed by atoms with E-state index in [1.54, 1.807) is 12.1 Å². The summed E-state index contributed by atoms with van der Waals surface area (Å²) in [6.45, 7) is 0. The Kier molecular flexibility index (Phi) is 6.14. The second-order valence-electron chi connectivity index (χ2n) is 4.82. The normalized spacial score (nSPS) is 10.1. The number of ether oxygens (including phenoxy) is 2. The molecule has 10 nitrogen and oxygen atoms in total. The molecule has 0 aliphatic carbocycles. The van der Waals surface area contributed by atoms with Gasteiger partial charge in [-0.25, -0.2) is 13.4 Å². The van der Waals surface area contributed by atoms with Crippen molar-refractivity contribution in [2.75, 3.05) is 24.3 Å². The summed E-state index contributed by atoms with van der Waals surface area (Å²) in [6.07, 6.45) is 2.36. The molecule has 0 atom stereocenters. The van der Waals surface area contributed by atoms with E-state index in [1.807, 2.05) is 0 Å². The third-order valence-electron chi connectivity index (χ3n) is 3.19. The van der Waals surface area contributed by atoms with Gasteiger partial charge in [0.25, 0.3) is 15.9 Å². The zero-order valence-electron chi connectivity index (χ0n) is 14.3. The highest BCUT2D eigenvalue weighted by Crippen LogP contribution is 2.32. The topological polar surface area (TPSA) is 150 Å². The smallest absolute Gasteiger partial charge is 0.263 e. The fraction of sp³-hybridized carbons (Fsp3) is 0.125. The molecule has 1 heterocycles. The van der Waals surface area contributed by atoms with E-state index in [1.165, 1.54) is 44.7 Å². The number of nitrogens with one attached hydrogen (secondary N) is 2. The van der Waals surface area contributed by atoms with Crippen molar-refractivity contribution in [2.24, 2.45) is 0 Å². The zero-order chi connectivity index (χ0) is 19.9. The average Bonchev–Trinajstić information content (AvgIpc) is 2.68. The summed E-state index contributed by atoms with van der Waals surface area (Å²) in [5, 5.41) is 20.1. The molecule has 2 N–H and O–H groups in total. The molecule has 1 aromatic heterocycles. The molecule has 1 aromatic carbocycles. The molecular weight excluding hydrogens is 372 g/mol. The van der Waals surface area contributed by atoms with Gasteiger partial charge in [0.05, 0.1) is 19.1 Å². The summed E-state index contributed by atoms with van der Waals surface area (Å²) >= 11 is 0. The molecule has 0 bridgehead atoms. The molecule has 2 rings (SSSR count). The van der Waals surface area contributed by atoms with Crippen molar-refractivity contribution in [1.82, 2.24) is 9.97 Å². The number of aromatic nitrogens is 2. The fourth-order valence-electron chi connectivity index (χ4n) is 1.92. The Hall–Kier alpha value is -3.83. The maximum Gasteiger partial charge on any atom is 0.263 e. The van der Waals surface area contributed by atoms with Crippen molar-refractivity contribution in [2.45, 2.75) is 4.90 Å². The summed E-state index contributed by atoms with van der Waals surface area (Å²) in [6, 6.07) is 9.07. The number of allylic oxidation sites excluding steroid dienone is 1. The van der Waals surface area contributed by atoms with Crippen LogP contribution in [0.2, 0.25) is 0 Å². The monoisotopic (exact) mass is 386 g/mol. The first kappa shape index (κ1) is 19.5. The van der Waals surface area contributed by atoms with Crippen molar-refractivity contribution in [3.05, 3.63) is 42.4 Å². The van der Waals surface area contributed by atoms with E-state index in [4.69, 9.17) is 20.0 Å². The van der Waals surface area contributed by atoms with Gasteiger partial charge in [-0.3, -0.25) is 4.72 Å². The number of sulfonamides is 1. The van der Waals surface area contributed by atoms with Crippen LogP contribution in [0.3, 0.4) is 0 Å². The minimum Gasteiger partial charge on any atom is -0.489 e. The van der Waals surface area contributed by atoms with Gasteiger partial charge in [-0.15, -0.1) is 0 Å². The Morgan fingerprint density at radius 2 is 1.78 bits per heavy atom. The Morgan fingerprint density at radius 3 is 2.33 bits per heavy atom. The van der Waals surface area contributed by atoms with Gasteiger partial charge in [0.15, 0.2) is 5.82 Å². The van der Waals surface area contributed by atoms with Crippen molar-refractivity contribution >= 4 is 21.5 Å². The second kappa shape index (κ2) is 8.51. The van der Waals surface area contributed by atoms with Gasteiger partial charge in [0.1, 0.15) is 24.0 Å². The van der Waals surface area contributed by atoms with E-state index < -0.39 is 10.0 Å². The van der Waals surface area contributed by atoms with Crippen molar-refractivity contribution < 1.29 is 17.9 Å². The van der Waals surface area contributed by atoms with Gasteiger partial charge in [0.2, 0.25) is 5.75 Å². The Labute approximate surface area is 155 Å². The van der Waals surface area contributed by atoms with Gasteiger partial charge in [-0.05, 0) is 24.3 Å². The average molecular weight is 386 g/mol. The number of rotatable bonds is 7. The Bertz CT molecular complexity index is 1020. The fourth-order valence-corrected chi connectivity index (χ4v) is 2.93. The number of benzene rings is 1. The molecule has 0 aliphatic rings. The maximum atomic E-state index is 12.6. The quantitative estimate of drug-likeness (QED) is 0.677. The van der Waals surface area contributed by atoms with Crippen LogP contribution in [-0.4, -0.2) is 32.6 Å². The van der Waals surface area contributed by atoms with Crippen molar-refractivity contribution in [3.63, 3.8) is 0 Å². The highest BCUT2D eigenvalue weighted by Gasteiger charge is 2.20. The molecule has 0 aliphatic heterocycles. The van der Waals surface area contributed by atoms with Crippen LogP contribution < -0.4 is 19.5 Å². The predicted octanol–water partition coefficient (Wildman–Crippen LogP) is 1.64. The predicted molar refractivity (Wildman–Crippen MR) is 95.3 cm³/mol. The molecule has 0 amide bonds. The number of nitriles is 2. The third kappa shape index (κ3) is 4.62. The number of anilines is 2. The largest absolute Gasteiger partial charge is 0.489 e. The maximum absolute atomic E-state index is 12.6. The van der Waals surface area contributed by atoms with Gasteiger partial charge in [-0.1, -0.05) is 0 Å². The Balaban J connectivity index is 2.25. The van der Waals surface area contributed by atoms with E-state index in [0.717, 1.165) is 6.33 Å². The lowest BCUT2D eigenvalue weighted by Gasteiger charge is -2.12. The van der Waals surface area contributed by atoms with Gasteiger partial charge in [-0.2, -0.15) is 15.5 Å². The zero-order valence-corrected chi connectivity index (χ0v) is 15.1. The first-order valence-corrected chi connectivity index (χ1v) is 8.76. The summed E-state index contributed by atoms with van der Waals surface area (Å²) in [5.74, 6) is 0.0667. The lowest BCUT2D eigenvalue weighted by atomic mass is 10.3. The Morgan fingerprint density at radius 1 is 1.11 bits per heavy atom. The van der Waals surface area contributed by atoms with Crippen LogP contribution in [-0.2, 0) is 10.0 Å². The van der Waals surface area contributed by atoms with Gasteiger partial charge < -0.3 is 14.8 Å². The molecule has 0 radical (unpaired) electrons. The number of hydrogen-bond donors (Lipinski definition) is 2. The lowest BCUT2D eigenvalue weighted by molar-refractivity contribution is 0.342. The first-order valence-electron chi connectivity index (χ1n) is 7.28. The molecule has 0 unspecified atom stereocenters. The highest BCUT2D eigenvalue weighted by atomic mass is 32.2. The number of hydrogen-bond acceptors (Lipinski definition) is 9. The molecule has 27 heavy (non-hydrogen) atoms. The molecule has 138 valence electrons. The molecule has 11 heteroatoms. The van der Waals surface area contributed by atoms with Crippen LogP contribution in [0.1, 0.15) is 0 Å². The second-order valence-corrected chi connectivity index (χ2v) is 6.50. The van der Waals surface area contributed by atoms with Crippen LogP contribution >= 0.6 is 0 Å². The van der Waals surface area contributed by atoms with Crippen molar-refractivity contribution in [3.8, 4) is 23.8 Å². The third-order valence-corrected chi connectivity index (χ3v) is 4.54. The molecule has 0 fully saturated rings. The minimum absolute atomic E-state index is 0.0301. The van der Waals surface area contributed by atoms with Crippen LogP contribution in [0, 0.1) is 22.7 Å². The van der Waals surface area contributed by atoms with E-state index >= 15 is 0 Å². The molecule has 0 spiro atoms. The molecular formula is C16H14N6O4S.